The zero-order chi connectivity index (χ0) is 12.8. The highest BCUT2D eigenvalue weighted by atomic mass is 16.5. The van der Waals surface area contributed by atoms with E-state index in [0.717, 1.165) is 43.7 Å². The van der Waals surface area contributed by atoms with Crippen LogP contribution < -0.4 is 10.1 Å². The standard InChI is InChI=1S/C15H20N2O/c1-2-10-18-14-8-6-13(7-9-14)17-15-5-3-4-12(15)11-16/h6-9,12,15,17H,2-5,10H2,1H3. The summed E-state index contributed by atoms with van der Waals surface area (Å²) in [5.74, 6) is 1.06. The molecule has 0 bridgehead atoms. The average Bonchev–Trinajstić information content (AvgIpc) is 2.85. The van der Waals surface area contributed by atoms with Crippen molar-refractivity contribution in [2.75, 3.05) is 11.9 Å². The molecule has 1 aromatic rings. The lowest BCUT2D eigenvalue weighted by molar-refractivity contribution is 0.317. The molecule has 1 aliphatic carbocycles. The largest absolute Gasteiger partial charge is 0.494 e. The van der Waals surface area contributed by atoms with Gasteiger partial charge in [0.1, 0.15) is 5.75 Å². The molecule has 0 aliphatic heterocycles. The fourth-order valence-electron chi connectivity index (χ4n) is 2.37. The molecular weight excluding hydrogens is 224 g/mol. The molecule has 0 spiro atoms. The SMILES string of the molecule is CCCOc1ccc(NC2CCCC2C#N)cc1. The van der Waals surface area contributed by atoms with Crippen molar-refractivity contribution in [3.05, 3.63) is 24.3 Å². The van der Waals surface area contributed by atoms with Gasteiger partial charge in [-0.15, -0.1) is 0 Å². The van der Waals surface area contributed by atoms with Crippen LogP contribution in [0.5, 0.6) is 5.75 Å². The number of hydrogen-bond donors (Lipinski definition) is 1. The number of nitrogens with zero attached hydrogens (tertiary/aromatic N) is 1. The summed E-state index contributed by atoms with van der Waals surface area (Å²) in [6.07, 6.45) is 4.28. The summed E-state index contributed by atoms with van der Waals surface area (Å²) in [5, 5.41) is 12.5. The van der Waals surface area contributed by atoms with Gasteiger partial charge in [0.25, 0.3) is 0 Å². The summed E-state index contributed by atoms with van der Waals surface area (Å²) in [6, 6.07) is 10.7. The van der Waals surface area contributed by atoms with Gasteiger partial charge in [0.15, 0.2) is 0 Å². The second-order valence-electron chi connectivity index (χ2n) is 4.79. The summed E-state index contributed by atoms with van der Waals surface area (Å²) in [6.45, 7) is 2.85. The number of nitrogens with one attached hydrogen (secondary N) is 1. The van der Waals surface area contributed by atoms with Gasteiger partial charge in [-0.05, 0) is 49.9 Å². The van der Waals surface area contributed by atoms with Crippen LogP contribution in [0.2, 0.25) is 0 Å². The van der Waals surface area contributed by atoms with Crippen molar-refractivity contribution in [2.45, 2.75) is 38.6 Å². The van der Waals surface area contributed by atoms with Gasteiger partial charge < -0.3 is 10.1 Å². The number of anilines is 1. The minimum atomic E-state index is 0.154. The van der Waals surface area contributed by atoms with E-state index in [9.17, 15) is 0 Å². The number of rotatable bonds is 5. The number of benzene rings is 1. The topological polar surface area (TPSA) is 45.0 Å². The molecule has 2 unspecified atom stereocenters. The third kappa shape index (κ3) is 3.16. The van der Waals surface area contributed by atoms with E-state index in [1.807, 2.05) is 24.3 Å². The van der Waals surface area contributed by atoms with Crippen LogP contribution in [0.4, 0.5) is 5.69 Å². The van der Waals surface area contributed by atoms with Gasteiger partial charge in [-0.1, -0.05) is 6.92 Å². The van der Waals surface area contributed by atoms with Crippen LogP contribution >= 0.6 is 0 Å². The highest BCUT2D eigenvalue weighted by molar-refractivity contribution is 5.47. The van der Waals surface area contributed by atoms with E-state index >= 15 is 0 Å². The fourth-order valence-corrected chi connectivity index (χ4v) is 2.37. The van der Waals surface area contributed by atoms with Crippen LogP contribution in [0.1, 0.15) is 32.6 Å². The van der Waals surface area contributed by atoms with Crippen molar-refractivity contribution in [1.29, 1.82) is 5.26 Å². The van der Waals surface area contributed by atoms with Crippen LogP contribution in [-0.2, 0) is 0 Å². The molecule has 2 rings (SSSR count). The summed E-state index contributed by atoms with van der Waals surface area (Å²) < 4.78 is 5.54. The second kappa shape index (κ2) is 6.30. The highest BCUT2D eigenvalue weighted by Gasteiger charge is 2.26. The predicted molar refractivity (Wildman–Crippen MR) is 72.6 cm³/mol. The van der Waals surface area contributed by atoms with Gasteiger partial charge in [0.05, 0.1) is 18.6 Å². The average molecular weight is 244 g/mol. The Balaban J connectivity index is 1.92. The maximum atomic E-state index is 9.05. The zero-order valence-corrected chi connectivity index (χ0v) is 10.9. The Labute approximate surface area is 109 Å². The lowest BCUT2D eigenvalue weighted by Crippen LogP contribution is -2.22. The molecule has 96 valence electrons. The molecule has 1 aliphatic rings. The number of ether oxygens (including phenoxy) is 1. The van der Waals surface area contributed by atoms with Gasteiger partial charge in [-0.25, -0.2) is 0 Å². The monoisotopic (exact) mass is 244 g/mol. The van der Waals surface area contributed by atoms with Crippen molar-refractivity contribution < 1.29 is 4.74 Å². The molecule has 2 atom stereocenters. The normalized spacial score (nSPS) is 22.4. The minimum absolute atomic E-state index is 0.154. The second-order valence-corrected chi connectivity index (χ2v) is 4.79. The quantitative estimate of drug-likeness (QED) is 0.861. The number of nitriles is 1. The molecule has 0 saturated heterocycles. The van der Waals surface area contributed by atoms with E-state index in [2.05, 4.69) is 18.3 Å². The Bertz CT molecular complexity index is 407. The Kier molecular flexibility index (Phi) is 4.46. The van der Waals surface area contributed by atoms with E-state index in [0.29, 0.717) is 6.04 Å². The predicted octanol–water partition coefficient (Wildman–Crippen LogP) is 3.58. The summed E-state index contributed by atoms with van der Waals surface area (Å²) in [4.78, 5) is 0. The minimum Gasteiger partial charge on any atom is -0.494 e. The maximum absolute atomic E-state index is 9.05. The van der Waals surface area contributed by atoms with Gasteiger partial charge >= 0.3 is 0 Å². The van der Waals surface area contributed by atoms with E-state index < -0.39 is 0 Å². The molecule has 1 saturated carbocycles. The van der Waals surface area contributed by atoms with E-state index in [1.54, 1.807) is 0 Å². The molecule has 1 aromatic carbocycles. The first-order valence-electron chi connectivity index (χ1n) is 6.72. The molecular formula is C15H20N2O. The van der Waals surface area contributed by atoms with E-state index in [1.165, 1.54) is 0 Å². The first-order valence-corrected chi connectivity index (χ1v) is 6.72. The summed E-state index contributed by atoms with van der Waals surface area (Å²) >= 11 is 0. The smallest absolute Gasteiger partial charge is 0.119 e. The third-order valence-electron chi connectivity index (χ3n) is 3.36. The molecule has 0 amide bonds. The van der Waals surface area contributed by atoms with Gasteiger partial charge in [-0.3, -0.25) is 0 Å². The molecule has 3 nitrogen and oxygen atoms in total. The van der Waals surface area contributed by atoms with Crippen molar-refractivity contribution >= 4 is 5.69 Å². The molecule has 1 N–H and O–H groups in total. The molecule has 0 heterocycles. The summed E-state index contributed by atoms with van der Waals surface area (Å²) in [5.41, 5.74) is 1.07. The van der Waals surface area contributed by atoms with Crippen molar-refractivity contribution in [3.63, 3.8) is 0 Å². The fraction of sp³-hybridized carbons (Fsp3) is 0.533. The van der Waals surface area contributed by atoms with Gasteiger partial charge in [0, 0.05) is 11.7 Å². The molecule has 0 aromatic heterocycles. The van der Waals surface area contributed by atoms with Crippen LogP contribution in [0.25, 0.3) is 0 Å². The van der Waals surface area contributed by atoms with Crippen LogP contribution in [0.3, 0.4) is 0 Å². The number of hydrogen-bond acceptors (Lipinski definition) is 3. The molecule has 3 heteroatoms. The molecule has 18 heavy (non-hydrogen) atoms. The Morgan fingerprint density at radius 2 is 2.11 bits per heavy atom. The van der Waals surface area contributed by atoms with Gasteiger partial charge in [-0.2, -0.15) is 5.26 Å². The zero-order valence-electron chi connectivity index (χ0n) is 10.9. The summed E-state index contributed by atoms with van der Waals surface area (Å²) in [7, 11) is 0. The lowest BCUT2D eigenvalue weighted by atomic mass is 10.1. The Hall–Kier alpha value is -1.69. The van der Waals surface area contributed by atoms with Crippen molar-refractivity contribution in [3.8, 4) is 11.8 Å². The lowest BCUT2D eigenvalue weighted by Gasteiger charge is -2.17. The first-order chi connectivity index (χ1) is 8.83. The van der Waals surface area contributed by atoms with Crippen molar-refractivity contribution in [2.24, 2.45) is 5.92 Å². The molecule has 0 radical (unpaired) electrons. The van der Waals surface area contributed by atoms with E-state index in [-0.39, 0.29) is 5.92 Å². The Morgan fingerprint density at radius 3 is 2.78 bits per heavy atom. The first kappa shape index (κ1) is 12.8. The van der Waals surface area contributed by atoms with Crippen LogP contribution in [0.15, 0.2) is 24.3 Å². The van der Waals surface area contributed by atoms with Gasteiger partial charge in [0.2, 0.25) is 0 Å². The van der Waals surface area contributed by atoms with Crippen molar-refractivity contribution in [1.82, 2.24) is 0 Å². The highest BCUT2D eigenvalue weighted by Crippen LogP contribution is 2.28. The molecule has 1 fully saturated rings. The van der Waals surface area contributed by atoms with Crippen LogP contribution in [0, 0.1) is 17.2 Å². The van der Waals surface area contributed by atoms with Crippen LogP contribution in [-0.4, -0.2) is 12.6 Å². The van der Waals surface area contributed by atoms with E-state index in [4.69, 9.17) is 10.00 Å². The third-order valence-corrected chi connectivity index (χ3v) is 3.36. The Morgan fingerprint density at radius 1 is 1.33 bits per heavy atom. The maximum Gasteiger partial charge on any atom is 0.119 e.